The van der Waals surface area contributed by atoms with Crippen molar-refractivity contribution in [2.75, 3.05) is 0 Å². The topological polar surface area (TPSA) is 74.6 Å². The maximum absolute atomic E-state index is 10.3. The molecule has 0 saturated heterocycles. The number of carboxylic acids is 2. The largest absolute Gasteiger partial charge is 0.481 e. The van der Waals surface area contributed by atoms with Gasteiger partial charge >= 0.3 is 11.9 Å². The molecule has 0 spiro atoms. The van der Waals surface area contributed by atoms with E-state index in [1.165, 1.54) is 0 Å². The summed E-state index contributed by atoms with van der Waals surface area (Å²) >= 11 is 0. The molecular weight excluding hydrogens is 160 g/mol. The van der Waals surface area contributed by atoms with Gasteiger partial charge in [-0.25, -0.2) is 0 Å². The van der Waals surface area contributed by atoms with E-state index in [-0.39, 0.29) is 0 Å². The molecule has 12 heavy (non-hydrogen) atoms. The van der Waals surface area contributed by atoms with Gasteiger partial charge in [-0.15, -0.1) is 0 Å². The summed E-state index contributed by atoms with van der Waals surface area (Å²) in [4.78, 5) is 20.7. The molecule has 70 valence electrons. The van der Waals surface area contributed by atoms with Gasteiger partial charge in [-0.1, -0.05) is 13.8 Å². The van der Waals surface area contributed by atoms with Gasteiger partial charge in [0.15, 0.2) is 0 Å². The summed E-state index contributed by atoms with van der Waals surface area (Å²) in [6.45, 7) is 3.16. The highest BCUT2D eigenvalue weighted by Gasteiger charge is 2.15. The van der Waals surface area contributed by atoms with Crippen molar-refractivity contribution >= 4 is 11.9 Å². The minimum atomic E-state index is -0.868. The van der Waals surface area contributed by atoms with E-state index in [4.69, 9.17) is 10.2 Å². The third-order valence-corrected chi connectivity index (χ3v) is 1.88. The molecule has 0 radical (unpaired) electrons. The van der Waals surface area contributed by atoms with Crippen molar-refractivity contribution in [2.45, 2.75) is 26.7 Å². The summed E-state index contributed by atoms with van der Waals surface area (Å²) in [7, 11) is 0. The number of hydrogen-bond donors (Lipinski definition) is 2. The van der Waals surface area contributed by atoms with Crippen molar-refractivity contribution in [3.05, 3.63) is 0 Å². The minimum Gasteiger partial charge on any atom is -0.481 e. The molecule has 0 bridgehead atoms. The molecule has 0 amide bonds. The van der Waals surface area contributed by atoms with Crippen molar-refractivity contribution in [1.82, 2.24) is 0 Å². The molecule has 2 unspecified atom stereocenters. The molecule has 0 rings (SSSR count). The molecule has 0 fully saturated rings. The molecule has 0 aromatic heterocycles. The predicted octanol–water partition coefficient (Wildman–Crippen LogP) is 1.21. The fraction of sp³-hybridized carbons (Fsp3) is 0.750. The molecule has 4 nitrogen and oxygen atoms in total. The predicted molar refractivity (Wildman–Crippen MR) is 42.8 cm³/mol. The first kappa shape index (κ1) is 10.9. The minimum absolute atomic E-state index is 0.419. The molecular formula is C8H14O4. The van der Waals surface area contributed by atoms with Crippen LogP contribution in [0, 0.1) is 11.8 Å². The lowest BCUT2D eigenvalue weighted by atomic mass is 9.98. The Kier molecular flexibility index (Phi) is 4.33. The first-order valence-corrected chi connectivity index (χ1v) is 3.90. The Morgan fingerprint density at radius 2 is 1.25 bits per heavy atom. The summed E-state index contributed by atoms with van der Waals surface area (Å²) in [5, 5.41) is 17.0. The molecule has 0 aromatic rings. The van der Waals surface area contributed by atoms with E-state index in [2.05, 4.69) is 0 Å². The third-order valence-electron chi connectivity index (χ3n) is 1.88. The highest BCUT2D eigenvalue weighted by atomic mass is 16.4. The number of hydrogen-bond acceptors (Lipinski definition) is 2. The lowest BCUT2D eigenvalue weighted by molar-refractivity contribution is -0.144. The van der Waals surface area contributed by atoms with Gasteiger partial charge in [-0.3, -0.25) is 9.59 Å². The van der Waals surface area contributed by atoms with Gasteiger partial charge in [0.25, 0.3) is 0 Å². The summed E-state index contributed by atoms with van der Waals surface area (Å²) in [5.74, 6) is -2.64. The highest BCUT2D eigenvalue weighted by Crippen LogP contribution is 2.12. The Morgan fingerprint density at radius 3 is 1.42 bits per heavy atom. The van der Waals surface area contributed by atoms with Crippen LogP contribution in [0.1, 0.15) is 26.7 Å². The van der Waals surface area contributed by atoms with Crippen molar-refractivity contribution in [3.8, 4) is 0 Å². The Labute approximate surface area is 71.2 Å². The normalized spacial score (nSPS) is 15.2. The van der Waals surface area contributed by atoms with E-state index in [1.807, 2.05) is 0 Å². The molecule has 0 saturated carbocycles. The average Bonchev–Trinajstić information content (AvgIpc) is 1.98. The van der Waals surface area contributed by atoms with Gasteiger partial charge < -0.3 is 10.2 Å². The first-order valence-electron chi connectivity index (χ1n) is 3.90. The summed E-state index contributed by atoms with van der Waals surface area (Å²) in [5.41, 5.74) is 0. The Balaban J connectivity index is 3.68. The molecule has 0 aliphatic carbocycles. The SMILES string of the molecule is CC(CCC(C)C(=O)O)C(=O)O. The smallest absolute Gasteiger partial charge is 0.306 e. The first-order chi connectivity index (χ1) is 5.45. The Bertz CT molecular complexity index is 156. The summed E-state index contributed by atoms with van der Waals surface area (Å²) in [6.07, 6.45) is 0.839. The van der Waals surface area contributed by atoms with Gasteiger partial charge in [0.1, 0.15) is 0 Å². The van der Waals surface area contributed by atoms with Crippen LogP contribution < -0.4 is 0 Å². The lowest BCUT2D eigenvalue weighted by Crippen LogP contribution is -2.14. The highest BCUT2D eigenvalue weighted by molar-refractivity contribution is 5.70. The molecule has 0 heterocycles. The number of aliphatic carboxylic acids is 2. The van der Waals surface area contributed by atoms with Crippen LogP contribution in [0.4, 0.5) is 0 Å². The maximum atomic E-state index is 10.3. The van der Waals surface area contributed by atoms with E-state index in [9.17, 15) is 9.59 Å². The zero-order valence-corrected chi connectivity index (χ0v) is 7.28. The van der Waals surface area contributed by atoms with Crippen LogP contribution in [0.2, 0.25) is 0 Å². The van der Waals surface area contributed by atoms with Crippen molar-refractivity contribution in [2.24, 2.45) is 11.8 Å². The van der Waals surface area contributed by atoms with Gasteiger partial charge in [0.2, 0.25) is 0 Å². The van der Waals surface area contributed by atoms with Gasteiger partial charge in [0.05, 0.1) is 11.8 Å². The molecule has 0 aliphatic rings. The van der Waals surface area contributed by atoms with Gasteiger partial charge in [-0.2, -0.15) is 0 Å². The summed E-state index contributed by atoms with van der Waals surface area (Å²) < 4.78 is 0. The van der Waals surface area contributed by atoms with E-state index in [0.717, 1.165) is 0 Å². The van der Waals surface area contributed by atoms with Crippen molar-refractivity contribution < 1.29 is 19.8 Å². The molecule has 0 aliphatic heterocycles. The number of carbonyl (C=O) groups is 2. The number of rotatable bonds is 5. The van der Waals surface area contributed by atoms with Crippen LogP contribution in [0.15, 0.2) is 0 Å². The fourth-order valence-electron chi connectivity index (χ4n) is 0.747. The monoisotopic (exact) mass is 174 g/mol. The lowest BCUT2D eigenvalue weighted by Gasteiger charge is -2.08. The quantitative estimate of drug-likeness (QED) is 0.656. The van der Waals surface area contributed by atoms with Gasteiger partial charge in [-0.05, 0) is 12.8 Å². The van der Waals surface area contributed by atoms with E-state index < -0.39 is 23.8 Å². The average molecular weight is 174 g/mol. The van der Waals surface area contributed by atoms with Crippen LogP contribution >= 0.6 is 0 Å². The molecule has 0 aromatic carbocycles. The third kappa shape index (κ3) is 3.95. The van der Waals surface area contributed by atoms with Crippen LogP contribution in [0.3, 0.4) is 0 Å². The number of carboxylic acid groups (broad SMARTS) is 2. The van der Waals surface area contributed by atoms with Gasteiger partial charge in [0, 0.05) is 0 Å². The zero-order valence-electron chi connectivity index (χ0n) is 7.28. The van der Waals surface area contributed by atoms with E-state index in [1.54, 1.807) is 13.8 Å². The standard InChI is InChI=1S/C8H14O4/c1-5(7(9)10)3-4-6(2)8(11)12/h5-6H,3-4H2,1-2H3,(H,9,10)(H,11,12). The van der Waals surface area contributed by atoms with Crippen LogP contribution in [-0.2, 0) is 9.59 Å². The fourth-order valence-corrected chi connectivity index (χ4v) is 0.747. The summed E-state index contributed by atoms with van der Waals surface area (Å²) in [6, 6.07) is 0. The molecule has 4 heteroatoms. The second-order valence-corrected chi connectivity index (χ2v) is 3.06. The van der Waals surface area contributed by atoms with Crippen LogP contribution in [0.5, 0.6) is 0 Å². The maximum Gasteiger partial charge on any atom is 0.306 e. The molecule has 2 atom stereocenters. The Morgan fingerprint density at radius 1 is 1.00 bits per heavy atom. The van der Waals surface area contributed by atoms with Crippen LogP contribution in [-0.4, -0.2) is 22.2 Å². The van der Waals surface area contributed by atoms with Crippen molar-refractivity contribution in [3.63, 3.8) is 0 Å². The molecule has 2 N–H and O–H groups in total. The second-order valence-electron chi connectivity index (χ2n) is 3.06. The zero-order chi connectivity index (χ0) is 9.72. The van der Waals surface area contributed by atoms with E-state index in [0.29, 0.717) is 12.8 Å². The van der Waals surface area contributed by atoms with E-state index >= 15 is 0 Å². The second kappa shape index (κ2) is 4.74. The van der Waals surface area contributed by atoms with Crippen LogP contribution in [0.25, 0.3) is 0 Å². The Hall–Kier alpha value is -1.06. The van der Waals surface area contributed by atoms with Crippen molar-refractivity contribution in [1.29, 1.82) is 0 Å².